The normalized spacial score (nSPS) is 11.2. The summed E-state index contributed by atoms with van der Waals surface area (Å²) < 4.78 is 15.7. The SMILES string of the molecule is C#CC(CCC)NC(=O)c1ccc(OC)c(OC)c1OC. The third-order valence-electron chi connectivity index (χ3n) is 3.03. The summed E-state index contributed by atoms with van der Waals surface area (Å²) in [6.45, 7) is 2.01. The molecule has 0 saturated carbocycles. The first-order valence-corrected chi connectivity index (χ1v) is 6.68. The summed E-state index contributed by atoms with van der Waals surface area (Å²) in [6.07, 6.45) is 7.02. The molecule has 1 atom stereocenters. The highest BCUT2D eigenvalue weighted by molar-refractivity contribution is 5.98. The second-order valence-corrected chi connectivity index (χ2v) is 4.36. The van der Waals surface area contributed by atoms with Gasteiger partial charge in [0.2, 0.25) is 5.75 Å². The molecule has 0 saturated heterocycles. The van der Waals surface area contributed by atoms with Gasteiger partial charge >= 0.3 is 0 Å². The van der Waals surface area contributed by atoms with Crippen LogP contribution in [0.5, 0.6) is 17.2 Å². The first-order chi connectivity index (χ1) is 10.1. The van der Waals surface area contributed by atoms with E-state index in [1.165, 1.54) is 21.3 Å². The van der Waals surface area contributed by atoms with Gasteiger partial charge in [0, 0.05) is 0 Å². The average Bonchev–Trinajstić information content (AvgIpc) is 2.52. The molecule has 1 rings (SSSR count). The second kappa shape index (κ2) is 8.05. The van der Waals surface area contributed by atoms with E-state index in [9.17, 15) is 4.79 Å². The summed E-state index contributed by atoms with van der Waals surface area (Å²) in [6, 6.07) is 2.97. The van der Waals surface area contributed by atoms with E-state index < -0.39 is 0 Å². The van der Waals surface area contributed by atoms with Crippen molar-refractivity contribution in [2.45, 2.75) is 25.8 Å². The predicted molar refractivity (Wildman–Crippen MR) is 81.1 cm³/mol. The van der Waals surface area contributed by atoms with Crippen molar-refractivity contribution in [1.82, 2.24) is 5.32 Å². The molecule has 0 radical (unpaired) electrons. The summed E-state index contributed by atoms with van der Waals surface area (Å²) in [5.41, 5.74) is 0.353. The fourth-order valence-electron chi connectivity index (χ4n) is 2.00. The average molecular weight is 291 g/mol. The van der Waals surface area contributed by atoms with Crippen molar-refractivity contribution in [2.24, 2.45) is 0 Å². The van der Waals surface area contributed by atoms with Gasteiger partial charge in [-0.05, 0) is 18.6 Å². The molecule has 0 fully saturated rings. The Hall–Kier alpha value is -2.35. The van der Waals surface area contributed by atoms with E-state index in [4.69, 9.17) is 20.6 Å². The Labute approximate surface area is 125 Å². The molecule has 1 unspecified atom stereocenters. The maximum Gasteiger partial charge on any atom is 0.256 e. The van der Waals surface area contributed by atoms with E-state index >= 15 is 0 Å². The smallest absolute Gasteiger partial charge is 0.256 e. The van der Waals surface area contributed by atoms with Crippen molar-refractivity contribution in [3.63, 3.8) is 0 Å². The lowest BCUT2D eigenvalue weighted by atomic mass is 10.1. The minimum atomic E-state index is -0.305. The summed E-state index contributed by atoms with van der Waals surface area (Å²) in [5, 5.41) is 2.80. The Balaban J connectivity index is 3.12. The number of terminal acetylenes is 1. The van der Waals surface area contributed by atoms with Gasteiger partial charge in [0.1, 0.15) is 0 Å². The van der Waals surface area contributed by atoms with Gasteiger partial charge in [-0.25, -0.2) is 0 Å². The van der Waals surface area contributed by atoms with Crippen LogP contribution in [-0.2, 0) is 0 Å². The van der Waals surface area contributed by atoms with Gasteiger partial charge in [0.05, 0.1) is 32.9 Å². The molecule has 0 aliphatic rings. The summed E-state index contributed by atoms with van der Waals surface area (Å²) in [5.74, 6) is 3.45. The Kier molecular flexibility index (Phi) is 6.41. The van der Waals surface area contributed by atoms with Crippen molar-refractivity contribution in [1.29, 1.82) is 0 Å². The first-order valence-electron chi connectivity index (χ1n) is 6.68. The molecule has 1 N–H and O–H groups in total. The minimum Gasteiger partial charge on any atom is -0.493 e. The largest absolute Gasteiger partial charge is 0.493 e. The summed E-state index contributed by atoms with van der Waals surface area (Å²) >= 11 is 0. The van der Waals surface area contributed by atoms with E-state index in [1.54, 1.807) is 12.1 Å². The number of nitrogens with one attached hydrogen (secondary N) is 1. The number of rotatable bonds is 7. The first kappa shape index (κ1) is 16.7. The molecule has 1 aromatic carbocycles. The van der Waals surface area contributed by atoms with Crippen LogP contribution in [0.1, 0.15) is 30.1 Å². The Bertz CT molecular complexity index is 534. The lowest BCUT2D eigenvalue weighted by molar-refractivity contribution is 0.0940. The number of ether oxygens (including phenoxy) is 3. The van der Waals surface area contributed by atoms with Gasteiger partial charge < -0.3 is 19.5 Å². The van der Waals surface area contributed by atoms with Crippen molar-refractivity contribution in [3.05, 3.63) is 17.7 Å². The molecule has 0 aromatic heterocycles. The number of benzene rings is 1. The van der Waals surface area contributed by atoms with Gasteiger partial charge in [0.25, 0.3) is 5.91 Å². The van der Waals surface area contributed by atoms with Gasteiger partial charge in [-0.1, -0.05) is 19.3 Å². The van der Waals surface area contributed by atoms with Crippen molar-refractivity contribution < 1.29 is 19.0 Å². The van der Waals surface area contributed by atoms with Crippen LogP contribution in [0.3, 0.4) is 0 Å². The minimum absolute atomic E-state index is 0.302. The highest BCUT2D eigenvalue weighted by atomic mass is 16.5. The van der Waals surface area contributed by atoms with E-state index in [2.05, 4.69) is 11.2 Å². The molecule has 0 spiro atoms. The molecule has 1 amide bonds. The van der Waals surface area contributed by atoms with Crippen LogP contribution in [0.2, 0.25) is 0 Å². The molecule has 5 nitrogen and oxygen atoms in total. The number of carbonyl (C=O) groups is 1. The van der Waals surface area contributed by atoms with E-state index in [-0.39, 0.29) is 11.9 Å². The monoisotopic (exact) mass is 291 g/mol. The molecule has 5 heteroatoms. The van der Waals surface area contributed by atoms with Crippen LogP contribution in [0.15, 0.2) is 12.1 Å². The van der Waals surface area contributed by atoms with E-state index in [0.29, 0.717) is 22.8 Å². The van der Waals surface area contributed by atoms with E-state index in [1.807, 2.05) is 6.92 Å². The van der Waals surface area contributed by atoms with Crippen LogP contribution in [0.25, 0.3) is 0 Å². The van der Waals surface area contributed by atoms with Gasteiger partial charge in [-0.3, -0.25) is 4.79 Å². The molecule has 1 aromatic rings. The fraction of sp³-hybridized carbons (Fsp3) is 0.438. The molecule has 114 valence electrons. The van der Waals surface area contributed by atoms with Crippen LogP contribution in [0, 0.1) is 12.3 Å². The highest BCUT2D eigenvalue weighted by Gasteiger charge is 2.21. The Morgan fingerprint density at radius 2 is 1.90 bits per heavy atom. The standard InChI is InChI=1S/C16H21NO4/c1-6-8-11(7-2)17-16(18)12-9-10-13(19-3)15(21-5)14(12)20-4/h2,9-11H,6,8H2,1,3-5H3,(H,17,18). The third-order valence-corrected chi connectivity index (χ3v) is 3.03. The number of carbonyl (C=O) groups excluding carboxylic acids is 1. The lowest BCUT2D eigenvalue weighted by Crippen LogP contribution is -2.33. The summed E-state index contributed by atoms with van der Waals surface area (Å²) in [7, 11) is 4.48. The molecule has 0 bridgehead atoms. The van der Waals surface area contributed by atoms with Crippen LogP contribution < -0.4 is 19.5 Å². The quantitative estimate of drug-likeness (QED) is 0.783. The zero-order valence-electron chi connectivity index (χ0n) is 12.9. The van der Waals surface area contributed by atoms with Crippen LogP contribution >= 0.6 is 0 Å². The van der Waals surface area contributed by atoms with Gasteiger partial charge in [-0.15, -0.1) is 6.42 Å². The van der Waals surface area contributed by atoms with Crippen LogP contribution in [-0.4, -0.2) is 33.3 Å². The number of hydrogen-bond donors (Lipinski definition) is 1. The number of methoxy groups -OCH3 is 3. The maximum absolute atomic E-state index is 12.4. The maximum atomic E-state index is 12.4. The fourth-order valence-corrected chi connectivity index (χ4v) is 2.00. The molecule has 0 aliphatic carbocycles. The van der Waals surface area contributed by atoms with E-state index in [0.717, 1.165) is 12.8 Å². The molecule has 21 heavy (non-hydrogen) atoms. The van der Waals surface area contributed by atoms with Crippen molar-refractivity contribution in [3.8, 4) is 29.6 Å². The third kappa shape index (κ3) is 3.82. The molecular formula is C16H21NO4. The molecule has 0 heterocycles. The van der Waals surface area contributed by atoms with Crippen LogP contribution in [0.4, 0.5) is 0 Å². The zero-order chi connectivity index (χ0) is 15.8. The molecule has 0 aliphatic heterocycles. The number of hydrogen-bond acceptors (Lipinski definition) is 4. The highest BCUT2D eigenvalue weighted by Crippen LogP contribution is 2.39. The molecular weight excluding hydrogens is 270 g/mol. The number of amides is 1. The lowest BCUT2D eigenvalue weighted by Gasteiger charge is -2.17. The topological polar surface area (TPSA) is 56.8 Å². The Morgan fingerprint density at radius 3 is 2.38 bits per heavy atom. The predicted octanol–water partition coefficient (Wildman–Crippen LogP) is 2.24. The van der Waals surface area contributed by atoms with Gasteiger partial charge in [-0.2, -0.15) is 0 Å². The van der Waals surface area contributed by atoms with Gasteiger partial charge in [0.15, 0.2) is 11.5 Å². The Morgan fingerprint density at radius 1 is 1.24 bits per heavy atom. The summed E-state index contributed by atoms with van der Waals surface area (Å²) in [4.78, 5) is 12.4. The second-order valence-electron chi connectivity index (χ2n) is 4.36. The van der Waals surface area contributed by atoms with Crippen molar-refractivity contribution >= 4 is 5.91 Å². The van der Waals surface area contributed by atoms with Crippen molar-refractivity contribution in [2.75, 3.05) is 21.3 Å². The zero-order valence-corrected chi connectivity index (χ0v) is 12.9.